The highest BCUT2D eigenvalue weighted by molar-refractivity contribution is 7.89. The van der Waals surface area contributed by atoms with Gasteiger partial charge in [-0.15, -0.1) is 6.42 Å². The number of rotatable bonds is 5. The van der Waals surface area contributed by atoms with Crippen molar-refractivity contribution in [2.45, 2.75) is 0 Å². The molecule has 0 aliphatic carbocycles. The van der Waals surface area contributed by atoms with E-state index in [1.807, 2.05) is 0 Å². The molecule has 0 radical (unpaired) electrons. The molecule has 1 aliphatic rings. The summed E-state index contributed by atoms with van der Waals surface area (Å²) in [5.41, 5.74) is 0. The van der Waals surface area contributed by atoms with Gasteiger partial charge >= 0.3 is 0 Å². The zero-order valence-corrected chi connectivity index (χ0v) is 10.5. The Morgan fingerprint density at radius 3 is 2.62 bits per heavy atom. The average Bonchev–Trinajstić information content (AvgIpc) is 2.28. The second kappa shape index (κ2) is 6.21. The average molecular weight is 245 g/mol. The smallest absolute Gasteiger partial charge is 0.215 e. The fraction of sp³-hybridized carbons (Fsp3) is 0.800. The van der Waals surface area contributed by atoms with E-state index in [9.17, 15) is 8.42 Å². The van der Waals surface area contributed by atoms with E-state index in [0.29, 0.717) is 6.54 Å². The first kappa shape index (κ1) is 13.5. The van der Waals surface area contributed by atoms with E-state index >= 15 is 0 Å². The van der Waals surface area contributed by atoms with Crippen LogP contribution in [0.5, 0.6) is 0 Å². The largest absolute Gasteiger partial charge is 0.314 e. The van der Waals surface area contributed by atoms with Gasteiger partial charge in [-0.25, -0.2) is 8.42 Å². The Balaban J connectivity index is 2.38. The van der Waals surface area contributed by atoms with E-state index in [-0.39, 0.29) is 12.3 Å². The second-order valence-corrected chi connectivity index (χ2v) is 6.06. The number of sulfonamides is 1. The molecular weight excluding hydrogens is 226 g/mol. The molecular formula is C10H19N3O2S. The van der Waals surface area contributed by atoms with E-state index in [4.69, 9.17) is 6.42 Å². The molecule has 0 aromatic carbocycles. The molecule has 0 unspecified atom stereocenters. The van der Waals surface area contributed by atoms with Crippen molar-refractivity contribution in [2.24, 2.45) is 0 Å². The lowest BCUT2D eigenvalue weighted by molar-refractivity contribution is 0.253. The lowest BCUT2D eigenvalue weighted by Crippen LogP contribution is -2.46. The Hall–Kier alpha value is -0.610. The van der Waals surface area contributed by atoms with Gasteiger partial charge in [-0.3, -0.25) is 4.90 Å². The minimum absolute atomic E-state index is 0.143. The summed E-state index contributed by atoms with van der Waals surface area (Å²) in [6.07, 6.45) is 5.09. The van der Waals surface area contributed by atoms with Crippen molar-refractivity contribution in [3.05, 3.63) is 0 Å². The van der Waals surface area contributed by atoms with Crippen molar-refractivity contribution >= 4 is 10.0 Å². The molecule has 0 bridgehead atoms. The number of piperazine rings is 1. The Morgan fingerprint density at radius 1 is 1.44 bits per heavy atom. The standard InChI is InChI=1S/C10H19N3O2S/c1-3-6-12(2)16(14,15)10-9-13-7-4-11-5-8-13/h1,11H,4-10H2,2H3. The Morgan fingerprint density at radius 2 is 2.06 bits per heavy atom. The lowest BCUT2D eigenvalue weighted by atomic mass is 10.4. The highest BCUT2D eigenvalue weighted by atomic mass is 32.2. The van der Waals surface area contributed by atoms with Crippen LogP contribution in [0.2, 0.25) is 0 Å². The van der Waals surface area contributed by atoms with E-state index in [2.05, 4.69) is 16.1 Å². The molecule has 1 N–H and O–H groups in total. The first-order chi connectivity index (χ1) is 7.56. The monoisotopic (exact) mass is 245 g/mol. The number of nitrogens with one attached hydrogen (secondary N) is 1. The molecule has 1 saturated heterocycles. The zero-order chi connectivity index (χ0) is 12.0. The second-order valence-electron chi connectivity index (χ2n) is 3.87. The zero-order valence-electron chi connectivity index (χ0n) is 9.65. The Bertz CT molecular complexity index is 342. The predicted molar refractivity (Wildman–Crippen MR) is 64.6 cm³/mol. The van der Waals surface area contributed by atoms with Crippen LogP contribution in [-0.2, 0) is 10.0 Å². The fourth-order valence-corrected chi connectivity index (χ4v) is 2.63. The normalized spacial score (nSPS) is 18.6. The number of nitrogens with zero attached hydrogens (tertiary/aromatic N) is 2. The molecule has 0 atom stereocenters. The van der Waals surface area contributed by atoms with Crippen molar-refractivity contribution in [3.63, 3.8) is 0 Å². The summed E-state index contributed by atoms with van der Waals surface area (Å²) in [6, 6.07) is 0. The van der Waals surface area contributed by atoms with Gasteiger partial charge in [0.1, 0.15) is 0 Å². The first-order valence-corrected chi connectivity index (χ1v) is 6.98. The van der Waals surface area contributed by atoms with Gasteiger partial charge in [0, 0.05) is 39.8 Å². The van der Waals surface area contributed by atoms with Gasteiger partial charge in [0.05, 0.1) is 12.3 Å². The van der Waals surface area contributed by atoms with Crippen LogP contribution in [0.1, 0.15) is 0 Å². The van der Waals surface area contributed by atoms with Crippen LogP contribution in [0.25, 0.3) is 0 Å². The minimum atomic E-state index is -3.19. The summed E-state index contributed by atoms with van der Waals surface area (Å²) in [4.78, 5) is 2.15. The fourth-order valence-electron chi connectivity index (χ4n) is 1.56. The maximum Gasteiger partial charge on any atom is 0.215 e. The lowest BCUT2D eigenvalue weighted by Gasteiger charge is -2.27. The third-order valence-electron chi connectivity index (χ3n) is 2.66. The number of terminal acetylenes is 1. The molecule has 1 fully saturated rings. The number of hydrogen-bond acceptors (Lipinski definition) is 4. The van der Waals surface area contributed by atoms with Crippen molar-refractivity contribution in [1.82, 2.24) is 14.5 Å². The molecule has 0 aromatic rings. The van der Waals surface area contributed by atoms with Crippen molar-refractivity contribution in [1.29, 1.82) is 0 Å². The van der Waals surface area contributed by atoms with E-state index in [0.717, 1.165) is 26.2 Å². The predicted octanol–water partition coefficient (Wildman–Crippen LogP) is -1.21. The van der Waals surface area contributed by atoms with Gasteiger partial charge in [-0.05, 0) is 0 Å². The minimum Gasteiger partial charge on any atom is -0.314 e. The third kappa shape index (κ3) is 4.10. The summed E-state index contributed by atoms with van der Waals surface area (Å²) in [5, 5.41) is 3.23. The van der Waals surface area contributed by atoms with Gasteiger partial charge < -0.3 is 5.32 Å². The molecule has 0 aromatic heterocycles. The van der Waals surface area contributed by atoms with Crippen LogP contribution >= 0.6 is 0 Å². The maximum absolute atomic E-state index is 11.8. The number of hydrogen-bond donors (Lipinski definition) is 1. The molecule has 1 heterocycles. The molecule has 6 heteroatoms. The summed E-state index contributed by atoms with van der Waals surface area (Å²) in [5.74, 6) is 2.48. The van der Waals surface area contributed by atoms with Gasteiger partial charge in [0.15, 0.2) is 0 Å². The van der Waals surface area contributed by atoms with Crippen molar-refractivity contribution in [2.75, 3.05) is 52.1 Å². The highest BCUT2D eigenvalue weighted by Gasteiger charge is 2.19. The van der Waals surface area contributed by atoms with Crippen LogP contribution in [0, 0.1) is 12.3 Å². The molecule has 92 valence electrons. The maximum atomic E-state index is 11.8. The SMILES string of the molecule is C#CCN(C)S(=O)(=O)CCN1CCNCC1. The van der Waals surface area contributed by atoms with Crippen LogP contribution < -0.4 is 5.32 Å². The topological polar surface area (TPSA) is 52.7 Å². The molecule has 0 amide bonds. The summed E-state index contributed by atoms with van der Waals surface area (Å²) in [7, 11) is -1.67. The Labute approximate surface area is 97.8 Å². The molecule has 5 nitrogen and oxygen atoms in total. The molecule has 0 spiro atoms. The van der Waals surface area contributed by atoms with Gasteiger partial charge in [-0.2, -0.15) is 4.31 Å². The van der Waals surface area contributed by atoms with Crippen molar-refractivity contribution < 1.29 is 8.42 Å². The van der Waals surface area contributed by atoms with E-state index < -0.39 is 10.0 Å². The van der Waals surface area contributed by atoms with Crippen LogP contribution in [0.3, 0.4) is 0 Å². The van der Waals surface area contributed by atoms with Crippen LogP contribution in [0.15, 0.2) is 0 Å². The Kier molecular flexibility index (Phi) is 5.22. The summed E-state index contributed by atoms with van der Waals surface area (Å²) in [6.45, 7) is 4.41. The molecule has 1 aliphatic heterocycles. The van der Waals surface area contributed by atoms with Crippen LogP contribution in [-0.4, -0.2) is 69.7 Å². The van der Waals surface area contributed by atoms with E-state index in [1.54, 1.807) is 0 Å². The summed E-state index contributed by atoms with van der Waals surface area (Å²) < 4.78 is 24.7. The quantitative estimate of drug-likeness (QED) is 0.617. The van der Waals surface area contributed by atoms with Gasteiger partial charge in [0.2, 0.25) is 10.0 Å². The molecule has 16 heavy (non-hydrogen) atoms. The van der Waals surface area contributed by atoms with E-state index in [1.165, 1.54) is 11.4 Å². The molecule has 1 rings (SSSR count). The van der Waals surface area contributed by atoms with Gasteiger partial charge in [0.25, 0.3) is 0 Å². The highest BCUT2D eigenvalue weighted by Crippen LogP contribution is 2.00. The summed E-state index contributed by atoms with van der Waals surface area (Å²) >= 11 is 0. The van der Waals surface area contributed by atoms with Gasteiger partial charge in [-0.1, -0.05) is 5.92 Å². The van der Waals surface area contributed by atoms with Crippen molar-refractivity contribution in [3.8, 4) is 12.3 Å². The van der Waals surface area contributed by atoms with Crippen LogP contribution in [0.4, 0.5) is 0 Å². The first-order valence-electron chi connectivity index (χ1n) is 5.37. The third-order valence-corrected chi connectivity index (χ3v) is 4.44. The molecule has 0 saturated carbocycles.